The Morgan fingerprint density at radius 3 is 2.88 bits per heavy atom. The van der Waals surface area contributed by atoms with Crippen LogP contribution in [0.1, 0.15) is 23.7 Å². The smallest absolute Gasteiger partial charge is 0.339 e. The lowest BCUT2D eigenvalue weighted by Gasteiger charge is -2.16. The molecule has 0 fully saturated rings. The minimum atomic E-state index is -1.05. The molecule has 1 unspecified atom stereocenters. The molecule has 0 saturated heterocycles. The van der Waals surface area contributed by atoms with Crippen LogP contribution >= 0.6 is 15.9 Å². The fourth-order valence-corrected chi connectivity index (χ4v) is 1.52. The number of carboxylic acids is 1. The van der Waals surface area contributed by atoms with Crippen molar-refractivity contribution in [3.63, 3.8) is 0 Å². The highest BCUT2D eigenvalue weighted by atomic mass is 79.9. The van der Waals surface area contributed by atoms with Crippen molar-refractivity contribution in [1.82, 2.24) is 4.98 Å². The van der Waals surface area contributed by atoms with Gasteiger partial charge in [0.1, 0.15) is 11.4 Å². The van der Waals surface area contributed by atoms with E-state index < -0.39 is 5.97 Å². The number of hydrogen-bond acceptors (Lipinski definition) is 4. The molecule has 1 rings (SSSR count). The van der Waals surface area contributed by atoms with Gasteiger partial charge in [-0.25, -0.2) is 9.78 Å². The zero-order chi connectivity index (χ0) is 12.1. The Kier molecular flexibility index (Phi) is 4.70. The molecule has 5 nitrogen and oxygen atoms in total. The van der Waals surface area contributed by atoms with E-state index in [-0.39, 0.29) is 24.0 Å². The quantitative estimate of drug-likeness (QED) is 0.769. The van der Waals surface area contributed by atoms with E-state index in [9.17, 15) is 4.79 Å². The van der Waals surface area contributed by atoms with Gasteiger partial charge < -0.3 is 15.5 Å². The first-order valence-electron chi connectivity index (χ1n) is 4.84. The number of nitrogens with zero attached hydrogens (tertiary/aromatic N) is 1. The molecule has 6 heteroatoms. The highest BCUT2D eigenvalue weighted by molar-refractivity contribution is 9.10. The molecular weight excluding hydrogens is 276 g/mol. The van der Waals surface area contributed by atoms with Crippen LogP contribution in [0.25, 0.3) is 0 Å². The van der Waals surface area contributed by atoms with Gasteiger partial charge in [-0.3, -0.25) is 0 Å². The molecule has 0 saturated carbocycles. The lowest BCUT2D eigenvalue weighted by atomic mass is 10.2. The van der Waals surface area contributed by atoms with Crippen molar-refractivity contribution in [2.24, 2.45) is 0 Å². The minimum Gasteiger partial charge on any atom is -0.478 e. The van der Waals surface area contributed by atoms with E-state index in [2.05, 4.69) is 26.2 Å². The molecule has 88 valence electrons. The number of aromatic carboxylic acids is 1. The molecule has 1 aromatic heterocycles. The summed E-state index contributed by atoms with van der Waals surface area (Å²) in [4.78, 5) is 15.0. The van der Waals surface area contributed by atoms with Gasteiger partial charge in [-0.2, -0.15) is 0 Å². The Morgan fingerprint density at radius 2 is 2.38 bits per heavy atom. The number of carbonyl (C=O) groups is 1. The molecule has 0 radical (unpaired) electrons. The second-order valence-electron chi connectivity index (χ2n) is 3.29. The van der Waals surface area contributed by atoms with Crippen LogP contribution < -0.4 is 5.32 Å². The van der Waals surface area contributed by atoms with Crippen molar-refractivity contribution < 1.29 is 15.0 Å². The first kappa shape index (κ1) is 12.9. The Labute approximate surface area is 102 Å². The summed E-state index contributed by atoms with van der Waals surface area (Å²) in [7, 11) is 0. The summed E-state index contributed by atoms with van der Waals surface area (Å²) < 4.78 is 0.604. The SMILES string of the molecule is CCC(CO)Nc1ncc(Br)cc1C(=O)O. The van der Waals surface area contributed by atoms with Gasteiger partial charge in [0, 0.05) is 10.7 Å². The molecule has 0 bridgehead atoms. The summed E-state index contributed by atoms with van der Waals surface area (Å²) in [5, 5.41) is 20.9. The summed E-state index contributed by atoms with van der Waals surface area (Å²) >= 11 is 3.16. The zero-order valence-electron chi connectivity index (χ0n) is 8.77. The number of carboxylic acid groups (broad SMARTS) is 1. The number of aliphatic hydroxyl groups is 1. The van der Waals surface area contributed by atoms with Crippen LogP contribution in [-0.2, 0) is 0 Å². The van der Waals surface area contributed by atoms with E-state index in [1.807, 2.05) is 6.92 Å². The van der Waals surface area contributed by atoms with Crippen molar-refractivity contribution in [2.45, 2.75) is 19.4 Å². The topological polar surface area (TPSA) is 82.5 Å². The molecule has 0 aromatic carbocycles. The average molecular weight is 289 g/mol. The van der Waals surface area contributed by atoms with Gasteiger partial charge in [0.2, 0.25) is 0 Å². The predicted octanol–water partition coefficient (Wildman–Crippen LogP) is 1.73. The fraction of sp³-hybridized carbons (Fsp3) is 0.400. The first-order chi connectivity index (χ1) is 7.58. The molecule has 0 spiro atoms. The summed E-state index contributed by atoms with van der Waals surface area (Å²) in [6, 6.07) is 1.29. The van der Waals surface area contributed by atoms with Crippen molar-refractivity contribution >= 4 is 27.7 Å². The molecule has 3 N–H and O–H groups in total. The van der Waals surface area contributed by atoms with E-state index in [0.29, 0.717) is 10.9 Å². The molecule has 0 amide bonds. The van der Waals surface area contributed by atoms with Gasteiger partial charge in [0.05, 0.1) is 12.6 Å². The maximum Gasteiger partial charge on any atom is 0.339 e. The lowest BCUT2D eigenvalue weighted by Crippen LogP contribution is -2.24. The van der Waals surface area contributed by atoms with Gasteiger partial charge in [0.25, 0.3) is 0 Å². The highest BCUT2D eigenvalue weighted by Gasteiger charge is 2.14. The van der Waals surface area contributed by atoms with E-state index >= 15 is 0 Å². The van der Waals surface area contributed by atoms with Gasteiger partial charge in [-0.1, -0.05) is 6.92 Å². The Morgan fingerprint density at radius 1 is 1.69 bits per heavy atom. The minimum absolute atomic E-state index is 0.0622. The second-order valence-corrected chi connectivity index (χ2v) is 4.20. The van der Waals surface area contributed by atoms with Crippen LogP contribution in [0.15, 0.2) is 16.7 Å². The third-order valence-corrected chi connectivity index (χ3v) is 2.57. The average Bonchev–Trinajstić information content (AvgIpc) is 2.27. The molecule has 0 aliphatic carbocycles. The lowest BCUT2D eigenvalue weighted by molar-refractivity contribution is 0.0697. The number of aromatic nitrogens is 1. The number of hydrogen-bond donors (Lipinski definition) is 3. The summed E-state index contributed by atoms with van der Waals surface area (Å²) in [6.07, 6.45) is 2.20. The van der Waals surface area contributed by atoms with Crippen LogP contribution in [-0.4, -0.2) is 33.8 Å². The zero-order valence-corrected chi connectivity index (χ0v) is 10.4. The Hall–Kier alpha value is -1.14. The second kappa shape index (κ2) is 5.81. The number of pyridine rings is 1. The largest absolute Gasteiger partial charge is 0.478 e. The molecule has 1 atom stereocenters. The number of rotatable bonds is 5. The third kappa shape index (κ3) is 3.18. The van der Waals surface area contributed by atoms with E-state index in [4.69, 9.17) is 10.2 Å². The normalized spacial score (nSPS) is 12.2. The summed E-state index contributed by atoms with van der Waals surface area (Å²) in [6.45, 7) is 1.83. The number of anilines is 1. The van der Waals surface area contributed by atoms with E-state index in [1.54, 1.807) is 0 Å². The number of aliphatic hydroxyl groups excluding tert-OH is 1. The predicted molar refractivity (Wildman–Crippen MR) is 63.7 cm³/mol. The number of nitrogens with one attached hydrogen (secondary N) is 1. The molecule has 1 aromatic rings. The van der Waals surface area contributed by atoms with Crippen molar-refractivity contribution in [3.05, 3.63) is 22.3 Å². The molecule has 0 aliphatic rings. The van der Waals surface area contributed by atoms with Crippen LogP contribution in [0, 0.1) is 0 Å². The molecule has 1 heterocycles. The van der Waals surface area contributed by atoms with Gasteiger partial charge in [-0.05, 0) is 28.4 Å². The van der Waals surface area contributed by atoms with Gasteiger partial charge in [-0.15, -0.1) is 0 Å². The highest BCUT2D eigenvalue weighted by Crippen LogP contribution is 2.19. The summed E-state index contributed by atoms with van der Waals surface area (Å²) in [5.74, 6) is -0.777. The van der Waals surface area contributed by atoms with Gasteiger partial charge in [0.15, 0.2) is 0 Å². The summed E-state index contributed by atoms with van der Waals surface area (Å²) in [5.41, 5.74) is 0.0845. The fourth-order valence-electron chi connectivity index (χ4n) is 1.19. The third-order valence-electron chi connectivity index (χ3n) is 2.14. The van der Waals surface area contributed by atoms with Crippen LogP contribution in [0.3, 0.4) is 0 Å². The molecular formula is C10H13BrN2O3. The Bertz CT molecular complexity index is 380. The standard InChI is InChI=1S/C10H13BrN2O3/c1-2-7(5-14)13-9-8(10(15)16)3-6(11)4-12-9/h3-4,7,14H,2,5H2,1H3,(H,12,13)(H,15,16). The van der Waals surface area contributed by atoms with E-state index in [0.717, 1.165) is 0 Å². The van der Waals surface area contributed by atoms with Crippen LogP contribution in [0.5, 0.6) is 0 Å². The first-order valence-corrected chi connectivity index (χ1v) is 5.64. The van der Waals surface area contributed by atoms with Crippen molar-refractivity contribution in [2.75, 3.05) is 11.9 Å². The number of halogens is 1. The van der Waals surface area contributed by atoms with Crippen LogP contribution in [0.2, 0.25) is 0 Å². The van der Waals surface area contributed by atoms with Crippen LogP contribution in [0.4, 0.5) is 5.82 Å². The maximum absolute atomic E-state index is 11.0. The molecule has 0 aliphatic heterocycles. The Balaban J connectivity index is 2.98. The van der Waals surface area contributed by atoms with Gasteiger partial charge >= 0.3 is 5.97 Å². The molecule has 16 heavy (non-hydrogen) atoms. The van der Waals surface area contributed by atoms with Crippen molar-refractivity contribution in [1.29, 1.82) is 0 Å². The monoisotopic (exact) mass is 288 g/mol. The van der Waals surface area contributed by atoms with Crippen molar-refractivity contribution in [3.8, 4) is 0 Å². The maximum atomic E-state index is 11.0. The van der Waals surface area contributed by atoms with E-state index in [1.165, 1.54) is 12.3 Å².